The zero-order valence-electron chi connectivity index (χ0n) is 15.7. The van der Waals surface area contributed by atoms with Gasteiger partial charge in [-0.3, -0.25) is 0 Å². The molecule has 28 heavy (non-hydrogen) atoms. The molecule has 0 radical (unpaired) electrons. The van der Waals surface area contributed by atoms with Gasteiger partial charge in [-0.05, 0) is 36.8 Å². The summed E-state index contributed by atoms with van der Waals surface area (Å²) in [6.45, 7) is 2.93. The van der Waals surface area contributed by atoms with Crippen molar-refractivity contribution in [1.82, 2.24) is 10.3 Å². The smallest absolute Gasteiger partial charge is 0.319 e. The van der Waals surface area contributed by atoms with Gasteiger partial charge in [-0.15, -0.1) is 0 Å². The van der Waals surface area contributed by atoms with Crippen LogP contribution in [0.1, 0.15) is 18.9 Å². The number of nitrogens with zero attached hydrogens (tertiary/aromatic N) is 1. The van der Waals surface area contributed by atoms with Gasteiger partial charge in [-0.2, -0.15) is 0 Å². The number of amides is 2. The summed E-state index contributed by atoms with van der Waals surface area (Å²) in [4.78, 5) is 16.4. The molecule has 6 nitrogen and oxygen atoms in total. The molecule has 2 N–H and O–H groups in total. The summed E-state index contributed by atoms with van der Waals surface area (Å²) in [6, 6.07) is 20.1. The van der Waals surface area contributed by atoms with Crippen LogP contribution in [-0.4, -0.2) is 17.6 Å². The van der Waals surface area contributed by atoms with Crippen LogP contribution in [0.2, 0.25) is 0 Å². The van der Waals surface area contributed by atoms with E-state index < -0.39 is 0 Å². The Bertz CT molecular complexity index is 900. The first-order valence-corrected chi connectivity index (χ1v) is 9.19. The number of urea groups is 1. The van der Waals surface area contributed by atoms with E-state index in [4.69, 9.17) is 9.47 Å². The van der Waals surface area contributed by atoms with Gasteiger partial charge in [0.1, 0.15) is 0 Å². The SMILES string of the molecule is CCCOc1ccccc1Oc1ncccc1CNC(=O)Nc1ccccc1. The Morgan fingerprint density at radius 1 is 0.964 bits per heavy atom. The number of hydrogen-bond acceptors (Lipinski definition) is 4. The Morgan fingerprint density at radius 3 is 2.50 bits per heavy atom. The number of hydrogen-bond donors (Lipinski definition) is 2. The number of carbonyl (C=O) groups is 1. The van der Waals surface area contributed by atoms with Gasteiger partial charge in [0.05, 0.1) is 6.61 Å². The number of carbonyl (C=O) groups excluding carboxylic acids is 1. The minimum Gasteiger partial charge on any atom is -0.490 e. The largest absolute Gasteiger partial charge is 0.490 e. The summed E-state index contributed by atoms with van der Waals surface area (Å²) in [6.07, 6.45) is 2.56. The lowest BCUT2D eigenvalue weighted by Gasteiger charge is -2.14. The molecule has 0 fully saturated rings. The van der Waals surface area contributed by atoms with E-state index in [1.165, 1.54) is 0 Å². The zero-order valence-corrected chi connectivity index (χ0v) is 15.7. The van der Waals surface area contributed by atoms with Crippen molar-refractivity contribution < 1.29 is 14.3 Å². The van der Waals surface area contributed by atoms with Gasteiger partial charge in [0.25, 0.3) is 0 Å². The third-order valence-corrected chi connectivity index (χ3v) is 3.84. The molecule has 6 heteroatoms. The van der Waals surface area contributed by atoms with Crippen molar-refractivity contribution in [2.75, 3.05) is 11.9 Å². The highest BCUT2D eigenvalue weighted by Crippen LogP contribution is 2.31. The Morgan fingerprint density at radius 2 is 1.71 bits per heavy atom. The van der Waals surface area contributed by atoms with Crippen LogP contribution < -0.4 is 20.1 Å². The Balaban J connectivity index is 1.66. The molecule has 0 aliphatic carbocycles. The van der Waals surface area contributed by atoms with E-state index in [1.807, 2.05) is 67.6 Å². The molecule has 2 aromatic carbocycles. The molecule has 1 heterocycles. The van der Waals surface area contributed by atoms with E-state index in [0.717, 1.165) is 17.7 Å². The van der Waals surface area contributed by atoms with Crippen LogP contribution in [0.5, 0.6) is 17.4 Å². The van der Waals surface area contributed by atoms with Crippen molar-refractivity contribution in [3.63, 3.8) is 0 Å². The Labute approximate surface area is 164 Å². The predicted octanol–water partition coefficient (Wildman–Crippen LogP) is 4.98. The second-order valence-electron chi connectivity index (χ2n) is 6.04. The molecule has 0 saturated heterocycles. The fourth-order valence-corrected chi connectivity index (χ4v) is 2.49. The maximum atomic E-state index is 12.1. The van der Waals surface area contributed by atoms with Crippen molar-refractivity contribution in [3.05, 3.63) is 78.5 Å². The van der Waals surface area contributed by atoms with Crippen LogP contribution in [0.3, 0.4) is 0 Å². The van der Waals surface area contributed by atoms with Crippen LogP contribution in [0.25, 0.3) is 0 Å². The standard InChI is InChI=1S/C22H23N3O3/c1-2-15-27-19-12-6-7-13-20(19)28-21-17(9-8-14-23-21)16-24-22(26)25-18-10-4-3-5-11-18/h3-14H,2,15-16H2,1H3,(H2,24,25,26). The number of benzene rings is 2. The normalized spacial score (nSPS) is 10.2. The van der Waals surface area contributed by atoms with E-state index in [0.29, 0.717) is 24.0 Å². The summed E-state index contributed by atoms with van der Waals surface area (Å²) in [7, 11) is 0. The van der Waals surface area contributed by atoms with Crippen LogP contribution in [0.15, 0.2) is 72.9 Å². The zero-order chi connectivity index (χ0) is 19.6. The Hall–Kier alpha value is -3.54. The molecule has 0 atom stereocenters. The molecule has 0 aliphatic heterocycles. The quantitative estimate of drug-likeness (QED) is 0.580. The van der Waals surface area contributed by atoms with Gasteiger partial charge in [0.15, 0.2) is 11.5 Å². The fraction of sp³-hybridized carbons (Fsp3) is 0.182. The number of aromatic nitrogens is 1. The third-order valence-electron chi connectivity index (χ3n) is 3.84. The van der Waals surface area contributed by atoms with E-state index >= 15 is 0 Å². The van der Waals surface area contributed by atoms with Gasteiger partial charge < -0.3 is 20.1 Å². The van der Waals surface area contributed by atoms with Crippen molar-refractivity contribution in [3.8, 4) is 17.4 Å². The fourth-order valence-electron chi connectivity index (χ4n) is 2.49. The van der Waals surface area contributed by atoms with Crippen LogP contribution >= 0.6 is 0 Å². The van der Waals surface area contributed by atoms with Crippen molar-refractivity contribution in [2.45, 2.75) is 19.9 Å². The summed E-state index contributed by atoms with van der Waals surface area (Å²) in [5.74, 6) is 1.68. The van der Waals surface area contributed by atoms with Gasteiger partial charge in [-0.1, -0.05) is 43.3 Å². The number of rotatable bonds is 8. The molecule has 0 unspecified atom stereocenters. The highest BCUT2D eigenvalue weighted by atomic mass is 16.5. The molecule has 3 rings (SSSR count). The summed E-state index contributed by atoms with van der Waals surface area (Å²) < 4.78 is 11.7. The number of nitrogens with one attached hydrogen (secondary N) is 2. The van der Waals surface area contributed by atoms with Gasteiger partial charge >= 0.3 is 6.03 Å². The van der Waals surface area contributed by atoms with E-state index in [1.54, 1.807) is 12.3 Å². The number of anilines is 1. The van der Waals surface area contributed by atoms with Crippen molar-refractivity contribution in [2.24, 2.45) is 0 Å². The highest BCUT2D eigenvalue weighted by Gasteiger charge is 2.11. The summed E-state index contributed by atoms with van der Waals surface area (Å²) in [5.41, 5.74) is 1.49. The van der Waals surface area contributed by atoms with E-state index in [-0.39, 0.29) is 12.6 Å². The molecule has 1 aromatic heterocycles. The molecule has 0 spiro atoms. The molecule has 144 valence electrons. The monoisotopic (exact) mass is 377 g/mol. The lowest BCUT2D eigenvalue weighted by Crippen LogP contribution is -2.28. The second-order valence-corrected chi connectivity index (χ2v) is 6.04. The summed E-state index contributed by atoms with van der Waals surface area (Å²) >= 11 is 0. The molecule has 3 aromatic rings. The first-order chi connectivity index (χ1) is 13.8. The lowest BCUT2D eigenvalue weighted by atomic mass is 10.2. The number of pyridine rings is 1. The van der Waals surface area contributed by atoms with Gasteiger partial charge in [0, 0.05) is 24.0 Å². The maximum Gasteiger partial charge on any atom is 0.319 e. The van der Waals surface area contributed by atoms with Crippen LogP contribution in [0.4, 0.5) is 10.5 Å². The maximum absolute atomic E-state index is 12.1. The van der Waals surface area contributed by atoms with E-state index in [9.17, 15) is 4.79 Å². The lowest BCUT2D eigenvalue weighted by molar-refractivity contribution is 0.251. The van der Waals surface area contributed by atoms with E-state index in [2.05, 4.69) is 15.6 Å². The minimum absolute atomic E-state index is 0.278. The molecular formula is C22H23N3O3. The van der Waals surface area contributed by atoms with Gasteiger partial charge in [-0.25, -0.2) is 9.78 Å². The average Bonchev–Trinajstić information content (AvgIpc) is 2.73. The van der Waals surface area contributed by atoms with Crippen molar-refractivity contribution >= 4 is 11.7 Å². The molecule has 0 saturated carbocycles. The topological polar surface area (TPSA) is 72.5 Å². The number of ether oxygens (including phenoxy) is 2. The van der Waals surface area contributed by atoms with Crippen LogP contribution in [-0.2, 0) is 6.54 Å². The summed E-state index contributed by atoms with van der Waals surface area (Å²) in [5, 5.41) is 5.60. The first-order valence-electron chi connectivity index (χ1n) is 9.19. The molecule has 0 bridgehead atoms. The first kappa shape index (κ1) is 19.2. The second kappa shape index (κ2) is 9.97. The third kappa shape index (κ3) is 5.48. The highest BCUT2D eigenvalue weighted by molar-refractivity contribution is 5.89. The average molecular weight is 377 g/mol. The van der Waals surface area contributed by atoms with Crippen LogP contribution in [0, 0.1) is 0 Å². The molecule has 2 amide bonds. The minimum atomic E-state index is -0.298. The van der Waals surface area contributed by atoms with Gasteiger partial charge in [0.2, 0.25) is 5.88 Å². The predicted molar refractivity (Wildman–Crippen MR) is 109 cm³/mol. The Kier molecular flexibility index (Phi) is 6.84. The molecule has 0 aliphatic rings. The molecular weight excluding hydrogens is 354 g/mol. The van der Waals surface area contributed by atoms with Crippen molar-refractivity contribution in [1.29, 1.82) is 0 Å². The number of para-hydroxylation sites is 3.